The van der Waals surface area contributed by atoms with E-state index < -0.39 is 41.7 Å². The summed E-state index contributed by atoms with van der Waals surface area (Å²) in [5.41, 5.74) is -3.22. The van der Waals surface area contributed by atoms with Crippen molar-refractivity contribution in [1.29, 1.82) is 0 Å². The predicted octanol–water partition coefficient (Wildman–Crippen LogP) is 0.400. The second kappa shape index (κ2) is 6.10. The summed E-state index contributed by atoms with van der Waals surface area (Å²) in [4.78, 5) is 12.4. The second-order valence-corrected chi connectivity index (χ2v) is 9.89. The van der Waals surface area contributed by atoms with Gasteiger partial charge in [0.05, 0.1) is 18.3 Å². The number of aliphatic hydroxyl groups is 5. The van der Waals surface area contributed by atoms with Crippen molar-refractivity contribution in [2.75, 3.05) is 6.61 Å². The first-order valence-corrected chi connectivity index (χ1v) is 10.2. The summed E-state index contributed by atoms with van der Waals surface area (Å²) in [7, 11) is 0. The van der Waals surface area contributed by atoms with E-state index >= 15 is 0 Å². The average Bonchev–Trinajstić information content (AvgIpc) is 2.82. The summed E-state index contributed by atoms with van der Waals surface area (Å²) in [6.45, 7) is 3.12. The van der Waals surface area contributed by atoms with Crippen molar-refractivity contribution in [3.05, 3.63) is 12.2 Å². The van der Waals surface area contributed by atoms with Crippen molar-refractivity contribution in [2.24, 2.45) is 34.5 Å². The van der Waals surface area contributed by atoms with E-state index in [1.807, 2.05) is 6.08 Å². The van der Waals surface area contributed by atoms with Crippen molar-refractivity contribution in [2.45, 2.75) is 69.9 Å². The molecule has 0 amide bonds. The lowest BCUT2D eigenvalue weighted by atomic mass is 9.44. The lowest BCUT2D eigenvalue weighted by Gasteiger charge is -2.61. The molecule has 0 bridgehead atoms. The first kappa shape index (κ1) is 19.5. The average molecular weight is 380 g/mol. The normalized spacial score (nSPS) is 56.9. The van der Waals surface area contributed by atoms with Gasteiger partial charge in [-0.15, -0.1) is 0 Å². The predicted molar refractivity (Wildman–Crippen MR) is 97.5 cm³/mol. The van der Waals surface area contributed by atoms with Crippen LogP contribution in [0.4, 0.5) is 0 Å². The van der Waals surface area contributed by atoms with Crippen LogP contribution in [0.2, 0.25) is 0 Å². The Morgan fingerprint density at radius 3 is 2.52 bits per heavy atom. The van der Waals surface area contributed by atoms with E-state index in [0.717, 1.165) is 12.8 Å². The van der Waals surface area contributed by atoms with Crippen molar-refractivity contribution in [3.63, 3.8) is 0 Å². The van der Waals surface area contributed by atoms with Gasteiger partial charge in [0.2, 0.25) is 0 Å². The lowest BCUT2D eigenvalue weighted by Crippen LogP contribution is -2.64. The number of allylic oxidation sites excluding steroid dienone is 1. The molecule has 27 heavy (non-hydrogen) atoms. The molecular formula is C21H32O6. The molecule has 4 aliphatic carbocycles. The highest BCUT2D eigenvalue weighted by Gasteiger charge is 2.71. The van der Waals surface area contributed by atoms with Gasteiger partial charge < -0.3 is 25.5 Å². The van der Waals surface area contributed by atoms with Gasteiger partial charge in [-0.2, -0.15) is 0 Å². The zero-order valence-corrected chi connectivity index (χ0v) is 16.1. The molecule has 3 saturated carbocycles. The first-order valence-electron chi connectivity index (χ1n) is 10.2. The number of fused-ring (bicyclic) bond motifs is 5. The third-order valence-corrected chi connectivity index (χ3v) is 8.89. The van der Waals surface area contributed by atoms with Crippen LogP contribution in [0.25, 0.3) is 0 Å². The fourth-order valence-electron chi connectivity index (χ4n) is 7.55. The Hall–Kier alpha value is -0.790. The Morgan fingerprint density at radius 2 is 1.85 bits per heavy atom. The van der Waals surface area contributed by atoms with Gasteiger partial charge in [-0.3, -0.25) is 4.79 Å². The highest BCUT2D eigenvalue weighted by atomic mass is 16.4. The number of carbonyl (C=O) groups excluding carboxylic acids is 1. The van der Waals surface area contributed by atoms with E-state index in [2.05, 4.69) is 13.0 Å². The van der Waals surface area contributed by atoms with Crippen LogP contribution in [0.1, 0.15) is 46.0 Å². The largest absolute Gasteiger partial charge is 0.393 e. The number of aliphatic hydroxyl groups excluding tert-OH is 4. The molecule has 5 N–H and O–H groups in total. The Bertz CT molecular complexity index is 663. The molecule has 4 rings (SSSR count). The molecule has 0 heterocycles. The fraction of sp³-hybridized carbons (Fsp3) is 0.857. The number of ketones is 1. The highest BCUT2D eigenvalue weighted by molar-refractivity contribution is 5.90. The van der Waals surface area contributed by atoms with Gasteiger partial charge in [0.15, 0.2) is 11.4 Å². The number of Topliss-reactive ketones (excluding diaryl/α,β-unsaturated/α-hetero) is 1. The van der Waals surface area contributed by atoms with Gasteiger partial charge in [-0.25, -0.2) is 0 Å². The van der Waals surface area contributed by atoms with E-state index in [4.69, 9.17) is 0 Å². The van der Waals surface area contributed by atoms with Gasteiger partial charge >= 0.3 is 0 Å². The number of carbonyl (C=O) groups is 1. The van der Waals surface area contributed by atoms with E-state index in [9.17, 15) is 30.3 Å². The van der Waals surface area contributed by atoms with Gasteiger partial charge in [0.1, 0.15) is 6.61 Å². The summed E-state index contributed by atoms with van der Waals surface area (Å²) in [5, 5.41) is 52.5. The zero-order valence-electron chi connectivity index (χ0n) is 16.1. The maximum atomic E-state index is 12.4. The molecule has 0 saturated heterocycles. The molecule has 3 fully saturated rings. The summed E-state index contributed by atoms with van der Waals surface area (Å²) < 4.78 is 0. The smallest absolute Gasteiger partial charge is 0.192 e. The standard InChI is InChI=1S/C21H32O6/c1-19-6-5-12(23)7-11(19)3-4-13-14-8-16(25)21(27,17(26)10-22)20(14,2)9-15(24)18(13)19/h5-6,11-16,18,22-25,27H,3-4,7-10H2,1-2H3/t11?,12?,13-,14-,15-,16+,18+,19-,20-,21-/m0/s1. The van der Waals surface area contributed by atoms with Gasteiger partial charge in [0.25, 0.3) is 0 Å². The third-order valence-electron chi connectivity index (χ3n) is 8.89. The third kappa shape index (κ3) is 2.34. The van der Waals surface area contributed by atoms with Crippen LogP contribution in [0.15, 0.2) is 12.2 Å². The molecule has 10 atom stereocenters. The van der Waals surface area contributed by atoms with Crippen molar-refractivity contribution in [3.8, 4) is 0 Å². The molecule has 6 nitrogen and oxygen atoms in total. The Labute approximate surface area is 159 Å². The molecule has 152 valence electrons. The number of hydrogen-bond acceptors (Lipinski definition) is 6. The van der Waals surface area contributed by atoms with E-state index in [0.29, 0.717) is 18.8 Å². The molecular weight excluding hydrogens is 348 g/mol. The molecule has 4 aliphatic rings. The molecule has 0 aliphatic heterocycles. The Morgan fingerprint density at radius 1 is 1.15 bits per heavy atom. The number of rotatable bonds is 2. The van der Waals surface area contributed by atoms with E-state index in [-0.39, 0.29) is 29.6 Å². The minimum Gasteiger partial charge on any atom is -0.393 e. The topological polar surface area (TPSA) is 118 Å². The molecule has 2 unspecified atom stereocenters. The maximum Gasteiger partial charge on any atom is 0.192 e. The van der Waals surface area contributed by atoms with Crippen molar-refractivity contribution in [1.82, 2.24) is 0 Å². The van der Waals surface area contributed by atoms with Crippen LogP contribution in [0.5, 0.6) is 0 Å². The SMILES string of the molecule is C[C@]12C=CC(O)CC1CC[C@@H]1[C@@H]2[C@@H](O)C[C@@]2(C)[C@H]1C[C@@H](O)[C@]2(O)C(=O)CO. The van der Waals surface area contributed by atoms with Crippen LogP contribution in [0, 0.1) is 34.5 Å². The number of hydrogen-bond donors (Lipinski definition) is 5. The maximum absolute atomic E-state index is 12.4. The summed E-state index contributed by atoms with van der Waals surface area (Å²) >= 11 is 0. The minimum atomic E-state index is -2.02. The van der Waals surface area contributed by atoms with E-state index in [1.165, 1.54) is 0 Å². The fourth-order valence-corrected chi connectivity index (χ4v) is 7.55. The molecule has 0 aromatic rings. The van der Waals surface area contributed by atoms with Crippen LogP contribution >= 0.6 is 0 Å². The molecule has 0 spiro atoms. The van der Waals surface area contributed by atoms with Gasteiger partial charge in [-0.05, 0) is 61.2 Å². The second-order valence-electron chi connectivity index (χ2n) is 9.89. The van der Waals surface area contributed by atoms with Crippen LogP contribution in [-0.2, 0) is 4.79 Å². The van der Waals surface area contributed by atoms with Crippen LogP contribution in [-0.4, -0.2) is 61.8 Å². The Balaban J connectivity index is 1.75. The summed E-state index contributed by atoms with van der Waals surface area (Å²) in [5.74, 6) is -0.514. The zero-order chi connectivity index (χ0) is 19.8. The van der Waals surface area contributed by atoms with Crippen molar-refractivity contribution < 1.29 is 30.3 Å². The monoisotopic (exact) mass is 380 g/mol. The van der Waals surface area contributed by atoms with Crippen LogP contribution < -0.4 is 0 Å². The molecule has 0 radical (unpaired) electrons. The first-order chi connectivity index (χ1) is 12.6. The minimum absolute atomic E-state index is 0.0307. The summed E-state index contributed by atoms with van der Waals surface area (Å²) in [6.07, 6.45) is 4.49. The highest BCUT2D eigenvalue weighted by Crippen LogP contribution is 2.67. The Kier molecular flexibility index (Phi) is 4.41. The summed E-state index contributed by atoms with van der Waals surface area (Å²) in [6, 6.07) is 0. The lowest BCUT2D eigenvalue weighted by molar-refractivity contribution is -0.198. The van der Waals surface area contributed by atoms with Gasteiger partial charge in [0, 0.05) is 5.41 Å². The van der Waals surface area contributed by atoms with Crippen LogP contribution in [0.3, 0.4) is 0 Å². The molecule has 0 aromatic carbocycles. The molecule has 0 aromatic heterocycles. The molecule has 6 heteroatoms. The van der Waals surface area contributed by atoms with Crippen molar-refractivity contribution >= 4 is 5.78 Å². The van der Waals surface area contributed by atoms with Gasteiger partial charge in [-0.1, -0.05) is 26.0 Å². The quantitative estimate of drug-likeness (QED) is 0.443. The van der Waals surface area contributed by atoms with E-state index in [1.54, 1.807) is 6.92 Å².